The molecule has 0 bridgehead atoms. The van der Waals surface area contributed by atoms with E-state index in [0.717, 1.165) is 24.0 Å². The summed E-state index contributed by atoms with van der Waals surface area (Å²) in [6.45, 7) is 1.89. The van der Waals surface area contributed by atoms with Crippen molar-refractivity contribution in [3.63, 3.8) is 0 Å². The molecule has 2 amide bonds. The van der Waals surface area contributed by atoms with Gasteiger partial charge in [0.1, 0.15) is 0 Å². The molecule has 27 heavy (non-hydrogen) atoms. The van der Waals surface area contributed by atoms with E-state index < -0.39 is 0 Å². The van der Waals surface area contributed by atoms with E-state index in [-0.39, 0.29) is 17.7 Å². The van der Waals surface area contributed by atoms with Crippen molar-refractivity contribution in [1.82, 2.24) is 9.80 Å². The Kier molecular flexibility index (Phi) is 6.42. The zero-order chi connectivity index (χ0) is 19.1. The van der Waals surface area contributed by atoms with Gasteiger partial charge in [-0.1, -0.05) is 60.7 Å². The lowest BCUT2D eigenvalue weighted by Gasteiger charge is -2.32. The molecule has 4 heteroatoms. The summed E-state index contributed by atoms with van der Waals surface area (Å²) in [4.78, 5) is 28.7. The monoisotopic (exact) mass is 362 g/mol. The van der Waals surface area contributed by atoms with Gasteiger partial charge in [0.15, 0.2) is 0 Å². The van der Waals surface area contributed by atoms with E-state index in [4.69, 9.17) is 0 Å². The van der Waals surface area contributed by atoms with E-state index in [1.54, 1.807) is 11.0 Å². The number of piperidine rings is 1. The van der Waals surface area contributed by atoms with E-state index in [1.165, 1.54) is 0 Å². The molecule has 140 valence electrons. The maximum atomic E-state index is 12.7. The fraction of sp³-hybridized carbons (Fsp3) is 0.304. The van der Waals surface area contributed by atoms with Gasteiger partial charge in [0.25, 0.3) is 0 Å². The first-order chi connectivity index (χ1) is 13.1. The second-order valence-electron chi connectivity index (χ2n) is 7.02. The van der Waals surface area contributed by atoms with E-state index >= 15 is 0 Å². The molecule has 0 aromatic heterocycles. The first-order valence-electron chi connectivity index (χ1n) is 9.44. The number of carbonyl (C=O) groups excluding carboxylic acids is 2. The van der Waals surface area contributed by atoms with E-state index in [2.05, 4.69) is 0 Å². The third-order valence-electron chi connectivity index (χ3n) is 5.01. The van der Waals surface area contributed by atoms with Crippen LogP contribution in [0, 0.1) is 5.92 Å². The van der Waals surface area contributed by atoms with Crippen molar-refractivity contribution in [3.8, 4) is 0 Å². The summed E-state index contributed by atoms with van der Waals surface area (Å²) in [6, 6.07) is 19.8. The Hall–Kier alpha value is -2.88. The smallest absolute Gasteiger partial charge is 0.246 e. The van der Waals surface area contributed by atoms with Gasteiger partial charge in [-0.05, 0) is 30.0 Å². The molecule has 1 fully saturated rings. The molecule has 1 aliphatic heterocycles. The maximum absolute atomic E-state index is 12.7. The predicted octanol–water partition coefficient (Wildman–Crippen LogP) is 3.60. The lowest BCUT2D eigenvalue weighted by molar-refractivity contribution is -0.138. The average molecular weight is 362 g/mol. The summed E-state index contributed by atoms with van der Waals surface area (Å²) in [5, 5.41) is 0. The van der Waals surface area contributed by atoms with Crippen LogP contribution in [0.3, 0.4) is 0 Å². The van der Waals surface area contributed by atoms with Gasteiger partial charge in [0, 0.05) is 38.7 Å². The van der Waals surface area contributed by atoms with Crippen molar-refractivity contribution in [3.05, 3.63) is 77.9 Å². The molecule has 0 unspecified atom stereocenters. The molecule has 3 rings (SSSR count). The van der Waals surface area contributed by atoms with Crippen LogP contribution in [0.1, 0.15) is 24.0 Å². The molecule has 0 spiro atoms. The summed E-state index contributed by atoms with van der Waals surface area (Å²) in [5.74, 6) is 0.189. The van der Waals surface area contributed by atoms with E-state index in [9.17, 15) is 9.59 Å². The standard InChI is InChI=1S/C23H26N2O2/c1-24(18-20-10-6-3-7-11-20)23(27)21-14-16-25(17-15-21)22(26)13-12-19-8-4-2-5-9-19/h2-13,21H,14-18H2,1H3/b13-12+. The topological polar surface area (TPSA) is 40.6 Å². The van der Waals surface area contributed by atoms with Crippen LogP contribution in [0.15, 0.2) is 66.7 Å². The number of hydrogen-bond donors (Lipinski definition) is 0. The summed E-state index contributed by atoms with van der Waals surface area (Å²) in [7, 11) is 1.86. The van der Waals surface area contributed by atoms with Crippen LogP contribution >= 0.6 is 0 Å². The number of benzene rings is 2. The number of amides is 2. The molecule has 0 N–H and O–H groups in total. The molecule has 0 aliphatic carbocycles. The fourth-order valence-corrected chi connectivity index (χ4v) is 3.43. The highest BCUT2D eigenvalue weighted by atomic mass is 16.2. The van der Waals surface area contributed by atoms with Crippen LogP contribution < -0.4 is 0 Å². The molecule has 0 radical (unpaired) electrons. The molecule has 0 saturated carbocycles. The van der Waals surface area contributed by atoms with Crippen molar-refractivity contribution in [2.45, 2.75) is 19.4 Å². The van der Waals surface area contributed by atoms with Crippen LogP contribution in [0.4, 0.5) is 0 Å². The van der Waals surface area contributed by atoms with Gasteiger partial charge < -0.3 is 9.80 Å². The number of carbonyl (C=O) groups is 2. The number of rotatable bonds is 5. The Labute approximate surface area is 161 Å². The van der Waals surface area contributed by atoms with Crippen molar-refractivity contribution in [2.75, 3.05) is 20.1 Å². The van der Waals surface area contributed by atoms with E-state index in [1.807, 2.05) is 78.7 Å². The largest absolute Gasteiger partial charge is 0.341 e. The Balaban J connectivity index is 1.48. The van der Waals surface area contributed by atoms with Crippen molar-refractivity contribution in [2.24, 2.45) is 5.92 Å². The third kappa shape index (κ3) is 5.30. The first-order valence-corrected chi connectivity index (χ1v) is 9.44. The molecule has 1 aliphatic rings. The van der Waals surface area contributed by atoms with Crippen LogP contribution in [0.5, 0.6) is 0 Å². The molecule has 2 aromatic carbocycles. The minimum Gasteiger partial charge on any atom is -0.341 e. The maximum Gasteiger partial charge on any atom is 0.246 e. The summed E-state index contributed by atoms with van der Waals surface area (Å²) < 4.78 is 0. The highest BCUT2D eigenvalue weighted by molar-refractivity contribution is 5.92. The minimum absolute atomic E-state index is 0.000801. The average Bonchev–Trinajstić information content (AvgIpc) is 2.73. The lowest BCUT2D eigenvalue weighted by Crippen LogP contribution is -2.42. The van der Waals surface area contributed by atoms with Crippen LogP contribution in [-0.2, 0) is 16.1 Å². The van der Waals surface area contributed by atoms with Gasteiger partial charge >= 0.3 is 0 Å². The SMILES string of the molecule is CN(Cc1ccccc1)C(=O)C1CCN(C(=O)/C=C/c2ccccc2)CC1. The van der Waals surface area contributed by atoms with Crippen molar-refractivity contribution < 1.29 is 9.59 Å². The molecule has 1 heterocycles. The van der Waals surface area contributed by atoms with Crippen LogP contribution in [0.25, 0.3) is 6.08 Å². The number of hydrogen-bond acceptors (Lipinski definition) is 2. The predicted molar refractivity (Wildman–Crippen MR) is 108 cm³/mol. The minimum atomic E-state index is 0.000801. The highest BCUT2D eigenvalue weighted by Gasteiger charge is 2.28. The van der Waals surface area contributed by atoms with Gasteiger partial charge in [-0.25, -0.2) is 0 Å². The Morgan fingerprint density at radius 2 is 1.59 bits per heavy atom. The fourth-order valence-electron chi connectivity index (χ4n) is 3.43. The lowest BCUT2D eigenvalue weighted by atomic mass is 9.95. The summed E-state index contributed by atoms with van der Waals surface area (Å²) in [6.07, 6.45) is 4.91. The highest BCUT2D eigenvalue weighted by Crippen LogP contribution is 2.20. The first kappa shape index (κ1) is 18.9. The second kappa shape index (κ2) is 9.17. The zero-order valence-electron chi connectivity index (χ0n) is 15.8. The van der Waals surface area contributed by atoms with E-state index in [0.29, 0.717) is 19.6 Å². The van der Waals surface area contributed by atoms with Gasteiger partial charge in [-0.3, -0.25) is 9.59 Å². The zero-order valence-corrected chi connectivity index (χ0v) is 15.8. The summed E-state index contributed by atoms with van der Waals surface area (Å²) in [5.41, 5.74) is 2.14. The van der Waals surface area contributed by atoms with Crippen molar-refractivity contribution in [1.29, 1.82) is 0 Å². The Bertz CT molecular complexity index is 779. The van der Waals surface area contributed by atoms with Crippen LogP contribution in [0.2, 0.25) is 0 Å². The van der Waals surface area contributed by atoms with Gasteiger partial charge in [-0.2, -0.15) is 0 Å². The number of likely N-dealkylation sites (tertiary alicyclic amines) is 1. The Morgan fingerprint density at radius 1 is 1.00 bits per heavy atom. The normalized spacial score (nSPS) is 15.1. The Morgan fingerprint density at radius 3 is 2.22 bits per heavy atom. The number of nitrogens with zero attached hydrogens (tertiary/aromatic N) is 2. The molecular formula is C23H26N2O2. The molecule has 4 nitrogen and oxygen atoms in total. The van der Waals surface area contributed by atoms with Gasteiger partial charge in [0.2, 0.25) is 11.8 Å². The quantitative estimate of drug-likeness (QED) is 0.763. The summed E-state index contributed by atoms with van der Waals surface area (Å²) >= 11 is 0. The third-order valence-corrected chi connectivity index (χ3v) is 5.01. The molecular weight excluding hydrogens is 336 g/mol. The molecule has 2 aromatic rings. The molecule has 0 atom stereocenters. The van der Waals surface area contributed by atoms with Crippen LogP contribution in [-0.4, -0.2) is 41.8 Å². The molecule has 1 saturated heterocycles. The second-order valence-corrected chi connectivity index (χ2v) is 7.02. The van der Waals surface area contributed by atoms with Gasteiger partial charge in [-0.15, -0.1) is 0 Å². The van der Waals surface area contributed by atoms with Gasteiger partial charge in [0.05, 0.1) is 0 Å². The van der Waals surface area contributed by atoms with Crippen molar-refractivity contribution >= 4 is 17.9 Å².